The molecule has 0 unspecified atom stereocenters. The molecular formula is C18H39IN6O. The number of amides is 1. The van der Waals surface area contributed by atoms with E-state index in [0.29, 0.717) is 12.6 Å². The molecule has 0 saturated carbocycles. The largest absolute Gasteiger partial charge is 0.357 e. The molecule has 0 radical (unpaired) electrons. The first kappa shape index (κ1) is 25.4. The molecule has 0 aromatic rings. The van der Waals surface area contributed by atoms with Crippen LogP contribution in [-0.4, -0.2) is 86.6 Å². The highest BCUT2D eigenvalue weighted by Gasteiger charge is 2.22. The Kier molecular flexibility index (Phi) is 12.4. The first-order chi connectivity index (χ1) is 11.7. The molecule has 0 aromatic carbocycles. The van der Waals surface area contributed by atoms with Crippen molar-refractivity contribution in [2.24, 2.45) is 4.99 Å². The molecule has 1 aliphatic rings. The Morgan fingerprint density at radius 1 is 1.23 bits per heavy atom. The molecule has 8 heteroatoms. The van der Waals surface area contributed by atoms with Gasteiger partial charge in [-0.2, -0.15) is 0 Å². The summed E-state index contributed by atoms with van der Waals surface area (Å²) in [6.45, 7) is 13.5. The van der Waals surface area contributed by atoms with Gasteiger partial charge in [-0.25, -0.2) is 0 Å². The first-order valence-electron chi connectivity index (χ1n) is 9.43. The average Bonchev–Trinajstić information content (AvgIpc) is 2.52. The van der Waals surface area contributed by atoms with Crippen LogP contribution in [0.25, 0.3) is 0 Å². The Bertz CT molecular complexity index is 428. The molecule has 1 rings (SSSR count). The summed E-state index contributed by atoms with van der Waals surface area (Å²) >= 11 is 0. The van der Waals surface area contributed by atoms with Crippen molar-refractivity contribution in [2.45, 2.75) is 52.1 Å². The van der Waals surface area contributed by atoms with Crippen molar-refractivity contribution >= 4 is 35.8 Å². The molecule has 0 aromatic heterocycles. The summed E-state index contributed by atoms with van der Waals surface area (Å²) in [5, 5.41) is 10.3. The number of rotatable bonds is 7. The number of likely N-dealkylation sites (N-methyl/N-ethyl adjacent to an activating group) is 1. The Morgan fingerprint density at radius 2 is 1.85 bits per heavy atom. The second-order valence-corrected chi connectivity index (χ2v) is 7.92. The van der Waals surface area contributed by atoms with Gasteiger partial charge in [0.25, 0.3) is 0 Å². The maximum absolute atomic E-state index is 11.8. The summed E-state index contributed by atoms with van der Waals surface area (Å²) in [4.78, 5) is 20.4. The number of nitrogens with one attached hydrogen (secondary N) is 3. The van der Waals surface area contributed by atoms with E-state index in [1.54, 1.807) is 4.90 Å². The third-order valence-corrected chi connectivity index (χ3v) is 4.17. The van der Waals surface area contributed by atoms with Crippen LogP contribution in [0, 0.1) is 0 Å². The van der Waals surface area contributed by atoms with Gasteiger partial charge in [-0.1, -0.05) is 0 Å². The zero-order chi connectivity index (χ0) is 18.9. The Labute approximate surface area is 176 Å². The summed E-state index contributed by atoms with van der Waals surface area (Å²) in [5.74, 6) is 1.06. The standard InChI is InChI=1S/C18H38N6O.HI/c1-7-19-17(20-10-11-21-18(2,3)4)22-15-8-12-24(13-9-15)14-16(25)23(5)6;/h15,21H,7-14H2,1-6H3,(H2,19,20,22);1H. The maximum atomic E-state index is 11.8. The molecule has 1 heterocycles. The lowest BCUT2D eigenvalue weighted by molar-refractivity contribution is -0.130. The minimum atomic E-state index is 0. The molecule has 1 saturated heterocycles. The lowest BCUT2D eigenvalue weighted by Gasteiger charge is -2.33. The number of nitrogens with zero attached hydrogens (tertiary/aromatic N) is 3. The normalized spacial score (nSPS) is 16.8. The number of piperidine rings is 1. The van der Waals surface area contributed by atoms with E-state index in [1.165, 1.54) is 0 Å². The van der Waals surface area contributed by atoms with Gasteiger partial charge in [-0.15, -0.1) is 24.0 Å². The summed E-state index contributed by atoms with van der Waals surface area (Å²) < 4.78 is 0. The summed E-state index contributed by atoms with van der Waals surface area (Å²) in [5.41, 5.74) is 0.123. The predicted octanol–water partition coefficient (Wildman–Crippen LogP) is 1.10. The minimum Gasteiger partial charge on any atom is -0.357 e. The summed E-state index contributed by atoms with van der Waals surface area (Å²) in [6, 6.07) is 0.416. The van der Waals surface area contributed by atoms with Gasteiger partial charge < -0.3 is 20.9 Å². The van der Waals surface area contributed by atoms with E-state index < -0.39 is 0 Å². The molecule has 1 fully saturated rings. The van der Waals surface area contributed by atoms with E-state index in [4.69, 9.17) is 0 Å². The quantitative estimate of drug-likeness (QED) is 0.220. The lowest BCUT2D eigenvalue weighted by atomic mass is 10.1. The second kappa shape index (κ2) is 12.7. The van der Waals surface area contributed by atoms with Crippen LogP contribution >= 0.6 is 24.0 Å². The summed E-state index contributed by atoms with van der Waals surface area (Å²) in [6.07, 6.45) is 2.07. The molecule has 154 valence electrons. The van der Waals surface area contributed by atoms with Crippen LogP contribution in [0.2, 0.25) is 0 Å². The number of guanidine groups is 1. The minimum absolute atomic E-state index is 0. The van der Waals surface area contributed by atoms with E-state index in [9.17, 15) is 4.79 Å². The monoisotopic (exact) mass is 482 g/mol. The van der Waals surface area contributed by atoms with Crippen LogP contribution in [0.1, 0.15) is 40.5 Å². The topological polar surface area (TPSA) is 72.0 Å². The van der Waals surface area contributed by atoms with Crippen LogP contribution in [0.15, 0.2) is 4.99 Å². The van der Waals surface area contributed by atoms with Crippen LogP contribution in [0.5, 0.6) is 0 Å². The van der Waals surface area contributed by atoms with Crippen molar-refractivity contribution < 1.29 is 4.79 Å². The molecule has 0 aliphatic carbocycles. The highest BCUT2D eigenvalue weighted by Crippen LogP contribution is 2.10. The number of aliphatic imine (C=N–C) groups is 1. The number of likely N-dealkylation sites (tertiary alicyclic amines) is 1. The third-order valence-electron chi connectivity index (χ3n) is 4.17. The molecule has 0 atom stereocenters. The number of carbonyl (C=O) groups is 1. The van der Waals surface area contributed by atoms with Gasteiger partial charge in [0.2, 0.25) is 5.91 Å². The predicted molar refractivity (Wildman–Crippen MR) is 120 cm³/mol. The van der Waals surface area contributed by atoms with Crippen LogP contribution in [0.3, 0.4) is 0 Å². The van der Waals surface area contributed by atoms with Gasteiger partial charge in [0.15, 0.2) is 5.96 Å². The molecule has 1 aliphatic heterocycles. The average molecular weight is 482 g/mol. The van der Waals surface area contributed by atoms with Gasteiger partial charge in [0.05, 0.1) is 13.1 Å². The fraction of sp³-hybridized carbons (Fsp3) is 0.889. The zero-order valence-electron chi connectivity index (χ0n) is 17.4. The molecule has 26 heavy (non-hydrogen) atoms. The Hall–Kier alpha value is -0.610. The van der Waals surface area contributed by atoms with E-state index in [2.05, 4.69) is 53.5 Å². The van der Waals surface area contributed by atoms with Crippen LogP contribution < -0.4 is 16.0 Å². The highest BCUT2D eigenvalue weighted by atomic mass is 127. The van der Waals surface area contributed by atoms with Gasteiger partial charge >= 0.3 is 0 Å². The van der Waals surface area contributed by atoms with Gasteiger partial charge in [-0.3, -0.25) is 14.7 Å². The maximum Gasteiger partial charge on any atom is 0.236 e. The smallest absolute Gasteiger partial charge is 0.236 e. The van der Waals surface area contributed by atoms with Gasteiger partial charge in [0, 0.05) is 51.9 Å². The van der Waals surface area contributed by atoms with Crippen molar-refractivity contribution in [3.63, 3.8) is 0 Å². The van der Waals surface area contributed by atoms with Gasteiger partial charge in [-0.05, 0) is 40.5 Å². The van der Waals surface area contributed by atoms with Crippen LogP contribution in [-0.2, 0) is 4.79 Å². The third kappa shape index (κ3) is 11.2. The van der Waals surface area contributed by atoms with E-state index in [0.717, 1.165) is 51.5 Å². The van der Waals surface area contributed by atoms with E-state index >= 15 is 0 Å². The zero-order valence-corrected chi connectivity index (χ0v) is 19.7. The number of hydrogen-bond donors (Lipinski definition) is 3. The SMILES string of the molecule is CCNC(=NCCNC(C)(C)C)NC1CCN(CC(=O)N(C)C)CC1.I. The molecule has 0 bridgehead atoms. The second-order valence-electron chi connectivity index (χ2n) is 7.92. The molecular weight excluding hydrogens is 443 g/mol. The fourth-order valence-corrected chi connectivity index (χ4v) is 2.68. The Balaban J connectivity index is 0.00000625. The summed E-state index contributed by atoms with van der Waals surface area (Å²) in [7, 11) is 3.62. The van der Waals surface area contributed by atoms with E-state index in [-0.39, 0.29) is 35.4 Å². The fourth-order valence-electron chi connectivity index (χ4n) is 2.68. The van der Waals surface area contributed by atoms with Crippen molar-refractivity contribution in [1.82, 2.24) is 25.8 Å². The van der Waals surface area contributed by atoms with Crippen molar-refractivity contribution in [3.05, 3.63) is 0 Å². The molecule has 0 spiro atoms. The molecule has 3 N–H and O–H groups in total. The first-order valence-corrected chi connectivity index (χ1v) is 9.43. The number of hydrogen-bond acceptors (Lipinski definition) is 4. The molecule has 7 nitrogen and oxygen atoms in total. The number of carbonyl (C=O) groups excluding carboxylic acids is 1. The lowest BCUT2D eigenvalue weighted by Crippen LogP contribution is -2.50. The van der Waals surface area contributed by atoms with Gasteiger partial charge in [0.1, 0.15) is 0 Å². The highest BCUT2D eigenvalue weighted by molar-refractivity contribution is 14.0. The molecule has 1 amide bonds. The van der Waals surface area contributed by atoms with E-state index in [1.807, 2.05) is 14.1 Å². The van der Waals surface area contributed by atoms with Crippen molar-refractivity contribution in [1.29, 1.82) is 0 Å². The van der Waals surface area contributed by atoms with Crippen molar-refractivity contribution in [3.8, 4) is 0 Å². The Morgan fingerprint density at radius 3 is 2.35 bits per heavy atom. The van der Waals surface area contributed by atoms with Crippen molar-refractivity contribution in [2.75, 3.05) is 53.4 Å². The number of halogens is 1. The van der Waals surface area contributed by atoms with Crippen LogP contribution in [0.4, 0.5) is 0 Å².